The minimum atomic E-state index is -0.399. The van der Waals surface area contributed by atoms with Gasteiger partial charge < -0.3 is 10.4 Å². The van der Waals surface area contributed by atoms with Gasteiger partial charge in [-0.05, 0) is 36.2 Å². The zero-order chi connectivity index (χ0) is 13.0. The highest BCUT2D eigenvalue weighted by molar-refractivity contribution is 5.94. The van der Waals surface area contributed by atoms with Crippen molar-refractivity contribution in [1.29, 1.82) is 0 Å². The van der Waals surface area contributed by atoms with Gasteiger partial charge in [0.25, 0.3) is 5.91 Å². The van der Waals surface area contributed by atoms with Crippen LogP contribution in [0.5, 0.6) is 5.75 Å². The lowest BCUT2D eigenvalue weighted by Crippen LogP contribution is -2.24. The molecule has 1 amide bonds. The largest absolute Gasteiger partial charge is 0.505 e. The van der Waals surface area contributed by atoms with Gasteiger partial charge in [0.05, 0.1) is 0 Å². The van der Waals surface area contributed by atoms with Crippen LogP contribution in [0, 0.1) is 6.92 Å². The molecule has 0 saturated carbocycles. The summed E-state index contributed by atoms with van der Waals surface area (Å²) in [5, 5.41) is 12.2. The number of aromatic nitrogens is 2. The molecule has 0 aromatic carbocycles. The van der Waals surface area contributed by atoms with Crippen LogP contribution in [0.1, 0.15) is 21.6 Å². The van der Waals surface area contributed by atoms with E-state index in [4.69, 9.17) is 0 Å². The van der Waals surface area contributed by atoms with E-state index in [0.29, 0.717) is 6.54 Å². The number of aryl methyl sites for hydroxylation is 1. The molecule has 0 atom stereocenters. The van der Waals surface area contributed by atoms with Gasteiger partial charge in [0.1, 0.15) is 5.75 Å². The molecular weight excluding hydrogens is 230 g/mol. The number of nitrogens with one attached hydrogen (secondary N) is 1. The van der Waals surface area contributed by atoms with Crippen molar-refractivity contribution in [2.75, 3.05) is 0 Å². The third-order valence-corrected chi connectivity index (χ3v) is 2.58. The van der Waals surface area contributed by atoms with Crippen molar-refractivity contribution in [2.24, 2.45) is 0 Å². The van der Waals surface area contributed by atoms with Crippen LogP contribution >= 0.6 is 0 Å². The number of hydrogen-bond donors (Lipinski definition) is 2. The second-order valence-corrected chi connectivity index (χ2v) is 3.86. The van der Waals surface area contributed by atoms with E-state index in [2.05, 4.69) is 15.3 Å². The Balaban J connectivity index is 2.06. The number of amides is 1. The number of carbonyl (C=O) groups is 1. The van der Waals surface area contributed by atoms with Crippen molar-refractivity contribution in [3.8, 4) is 5.75 Å². The van der Waals surface area contributed by atoms with Crippen LogP contribution in [0.4, 0.5) is 0 Å². The Labute approximate surface area is 105 Å². The monoisotopic (exact) mass is 243 g/mol. The molecule has 2 aromatic heterocycles. The smallest absolute Gasteiger partial charge is 0.273 e. The Kier molecular flexibility index (Phi) is 3.52. The number of nitrogens with zero attached hydrogens (tertiary/aromatic N) is 2. The van der Waals surface area contributed by atoms with Crippen LogP contribution < -0.4 is 5.32 Å². The summed E-state index contributed by atoms with van der Waals surface area (Å²) in [5.74, 6) is -0.522. The van der Waals surface area contributed by atoms with Gasteiger partial charge in [-0.25, -0.2) is 4.98 Å². The van der Waals surface area contributed by atoms with Crippen molar-refractivity contribution >= 4 is 5.91 Å². The van der Waals surface area contributed by atoms with Crippen LogP contribution in [0.2, 0.25) is 0 Å². The summed E-state index contributed by atoms with van der Waals surface area (Å²) in [6.07, 6.45) is 4.87. The first-order valence-electron chi connectivity index (χ1n) is 5.50. The lowest BCUT2D eigenvalue weighted by molar-refractivity contribution is 0.0943. The Morgan fingerprint density at radius 2 is 2.22 bits per heavy atom. The standard InChI is InChI=1S/C13H13N3O2/c1-9-7-14-6-4-10(9)8-16-13(18)12-11(17)3-2-5-15-12/h2-7,17H,8H2,1H3,(H,16,18). The molecule has 5 heteroatoms. The van der Waals surface area contributed by atoms with Crippen LogP contribution in [0.15, 0.2) is 36.8 Å². The number of aromatic hydroxyl groups is 1. The van der Waals surface area contributed by atoms with Gasteiger partial charge in [0.15, 0.2) is 5.69 Å². The van der Waals surface area contributed by atoms with Crippen molar-refractivity contribution < 1.29 is 9.90 Å². The first-order chi connectivity index (χ1) is 8.68. The highest BCUT2D eigenvalue weighted by atomic mass is 16.3. The predicted molar refractivity (Wildman–Crippen MR) is 66.0 cm³/mol. The van der Waals surface area contributed by atoms with E-state index in [0.717, 1.165) is 11.1 Å². The van der Waals surface area contributed by atoms with Gasteiger partial charge in [0.2, 0.25) is 0 Å². The van der Waals surface area contributed by atoms with Crippen molar-refractivity contribution in [3.05, 3.63) is 53.6 Å². The van der Waals surface area contributed by atoms with Crippen LogP contribution in [0.3, 0.4) is 0 Å². The molecule has 5 nitrogen and oxygen atoms in total. The number of pyridine rings is 2. The number of hydrogen-bond acceptors (Lipinski definition) is 4. The first kappa shape index (κ1) is 12.0. The summed E-state index contributed by atoms with van der Waals surface area (Å²) in [4.78, 5) is 19.6. The molecule has 0 radical (unpaired) electrons. The van der Waals surface area contributed by atoms with Crippen LogP contribution in [0.25, 0.3) is 0 Å². The summed E-state index contributed by atoms with van der Waals surface area (Å²) in [7, 11) is 0. The molecule has 0 aliphatic carbocycles. The van der Waals surface area contributed by atoms with E-state index in [1.54, 1.807) is 18.5 Å². The molecule has 2 heterocycles. The minimum absolute atomic E-state index is 0.0317. The molecule has 0 bridgehead atoms. The second-order valence-electron chi connectivity index (χ2n) is 3.86. The molecule has 0 unspecified atom stereocenters. The van der Waals surface area contributed by atoms with Crippen molar-refractivity contribution in [3.63, 3.8) is 0 Å². The summed E-state index contributed by atoms with van der Waals surface area (Å²) in [6.45, 7) is 2.30. The Morgan fingerprint density at radius 1 is 1.39 bits per heavy atom. The van der Waals surface area contributed by atoms with Crippen LogP contribution in [-0.2, 0) is 6.54 Å². The Hall–Kier alpha value is -2.43. The molecule has 2 aromatic rings. The molecule has 0 fully saturated rings. The fourth-order valence-electron chi connectivity index (χ4n) is 1.53. The van der Waals surface area contributed by atoms with Crippen LogP contribution in [-0.4, -0.2) is 21.0 Å². The molecule has 2 N–H and O–H groups in total. The molecule has 2 rings (SSSR count). The molecule has 18 heavy (non-hydrogen) atoms. The summed E-state index contributed by atoms with van der Waals surface area (Å²) >= 11 is 0. The van der Waals surface area contributed by atoms with Crippen molar-refractivity contribution in [1.82, 2.24) is 15.3 Å². The summed E-state index contributed by atoms with van der Waals surface area (Å²) in [6, 6.07) is 4.84. The third kappa shape index (κ3) is 2.63. The first-order valence-corrected chi connectivity index (χ1v) is 5.50. The highest BCUT2D eigenvalue weighted by Gasteiger charge is 2.11. The van der Waals surface area contributed by atoms with Gasteiger partial charge in [-0.15, -0.1) is 0 Å². The molecule has 0 aliphatic rings. The average molecular weight is 243 g/mol. The fraction of sp³-hybridized carbons (Fsp3) is 0.154. The Morgan fingerprint density at radius 3 is 2.94 bits per heavy atom. The third-order valence-electron chi connectivity index (χ3n) is 2.58. The minimum Gasteiger partial charge on any atom is -0.505 e. The van der Waals surface area contributed by atoms with E-state index < -0.39 is 5.91 Å². The summed E-state index contributed by atoms with van der Waals surface area (Å²) in [5.41, 5.74) is 2.01. The van der Waals surface area contributed by atoms with Gasteiger partial charge in [-0.3, -0.25) is 9.78 Å². The Bertz CT molecular complexity index is 570. The SMILES string of the molecule is Cc1cnccc1CNC(=O)c1ncccc1O. The van der Waals surface area contributed by atoms with E-state index in [1.165, 1.54) is 12.3 Å². The lowest BCUT2D eigenvalue weighted by atomic mass is 10.1. The van der Waals surface area contributed by atoms with Gasteiger partial charge in [0, 0.05) is 25.1 Å². The van der Waals surface area contributed by atoms with E-state index in [9.17, 15) is 9.90 Å². The predicted octanol–water partition coefficient (Wildman–Crippen LogP) is 1.42. The zero-order valence-corrected chi connectivity index (χ0v) is 9.92. The number of rotatable bonds is 3. The maximum Gasteiger partial charge on any atom is 0.273 e. The van der Waals surface area contributed by atoms with E-state index in [1.807, 2.05) is 13.0 Å². The van der Waals surface area contributed by atoms with Gasteiger partial charge in [-0.2, -0.15) is 0 Å². The zero-order valence-electron chi connectivity index (χ0n) is 9.92. The average Bonchev–Trinajstić information content (AvgIpc) is 2.38. The second kappa shape index (κ2) is 5.27. The number of carbonyl (C=O) groups excluding carboxylic acids is 1. The molecule has 92 valence electrons. The highest BCUT2D eigenvalue weighted by Crippen LogP contribution is 2.12. The van der Waals surface area contributed by atoms with Gasteiger partial charge in [-0.1, -0.05) is 0 Å². The quantitative estimate of drug-likeness (QED) is 0.855. The molecule has 0 aliphatic heterocycles. The van der Waals surface area contributed by atoms with E-state index >= 15 is 0 Å². The fourth-order valence-corrected chi connectivity index (χ4v) is 1.53. The molecular formula is C13H13N3O2. The molecule has 0 spiro atoms. The van der Waals surface area contributed by atoms with E-state index in [-0.39, 0.29) is 11.4 Å². The maximum atomic E-state index is 11.8. The normalized spacial score (nSPS) is 10.1. The van der Waals surface area contributed by atoms with Crippen molar-refractivity contribution in [2.45, 2.75) is 13.5 Å². The summed E-state index contributed by atoms with van der Waals surface area (Å²) < 4.78 is 0. The topological polar surface area (TPSA) is 75.1 Å². The van der Waals surface area contributed by atoms with Gasteiger partial charge >= 0.3 is 0 Å². The maximum absolute atomic E-state index is 11.8. The molecule has 0 saturated heterocycles. The lowest BCUT2D eigenvalue weighted by Gasteiger charge is -2.07.